The summed E-state index contributed by atoms with van der Waals surface area (Å²) in [6.07, 6.45) is -2.79. The third kappa shape index (κ3) is 11.7. The number of aromatic amines is 1. The average molecular weight is 901 g/mol. The molecule has 6 rings (SSSR count). The number of aliphatic carboxylic acids is 1. The van der Waals surface area contributed by atoms with Crippen LogP contribution in [0.15, 0.2) is 130 Å². The molecule has 17 heteroatoms. The van der Waals surface area contributed by atoms with Crippen LogP contribution in [0.4, 0.5) is 0 Å². The van der Waals surface area contributed by atoms with E-state index in [-0.39, 0.29) is 36.7 Å². The Morgan fingerprint density at radius 2 is 1.39 bits per heavy atom. The van der Waals surface area contributed by atoms with Gasteiger partial charge in [0.15, 0.2) is 22.2 Å². The van der Waals surface area contributed by atoms with Crippen LogP contribution in [0.1, 0.15) is 60.6 Å². The molecule has 0 amide bonds. The van der Waals surface area contributed by atoms with E-state index in [9.17, 15) is 27.6 Å². The summed E-state index contributed by atoms with van der Waals surface area (Å²) in [6, 6.07) is 31.8. The van der Waals surface area contributed by atoms with Crippen LogP contribution in [0.25, 0.3) is 0 Å². The van der Waals surface area contributed by atoms with Gasteiger partial charge in [-0.15, -0.1) is 0 Å². The van der Waals surface area contributed by atoms with Crippen molar-refractivity contribution in [2.24, 2.45) is 0 Å². The number of esters is 1. The number of rotatable bonds is 23. The first-order valence-corrected chi connectivity index (χ1v) is 22.4. The van der Waals surface area contributed by atoms with E-state index >= 15 is 0 Å². The first kappa shape index (κ1) is 47.4. The van der Waals surface area contributed by atoms with Crippen molar-refractivity contribution < 1.29 is 56.3 Å². The highest BCUT2D eigenvalue weighted by Gasteiger charge is 2.51. The fraction of sp³-hybridized carbons (Fsp3) is 0.362. The van der Waals surface area contributed by atoms with Crippen LogP contribution in [0.5, 0.6) is 11.5 Å². The highest BCUT2D eigenvalue weighted by atomic mass is 32.2. The predicted molar refractivity (Wildman–Crippen MR) is 233 cm³/mol. The smallest absolute Gasteiger partial charge is 0.330 e. The van der Waals surface area contributed by atoms with Crippen molar-refractivity contribution in [3.05, 3.63) is 158 Å². The number of benzene rings is 4. The minimum atomic E-state index is -3.71. The van der Waals surface area contributed by atoms with E-state index in [1.165, 1.54) is 18.3 Å². The molecule has 0 aliphatic carbocycles. The number of methoxy groups -OCH3 is 2. The minimum absolute atomic E-state index is 0.0514. The summed E-state index contributed by atoms with van der Waals surface area (Å²) < 4.78 is 70.0. The third-order valence-corrected chi connectivity index (χ3v) is 12.5. The fourth-order valence-electron chi connectivity index (χ4n) is 7.45. The van der Waals surface area contributed by atoms with Gasteiger partial charge < -0.3 is 38.3 Å². The summed E-state index contributed by atoms with van der Waals surface area (Å²) in [5.74, 6) is -0.757. The second-order valence-electron chi connectivity index (χ2n) is 15.1. The van der Waals surface area contributed by atoms with Crippen molar-refractivity contribution in [3.8, 4) is 11.5 Å². The van der Waals surface area contributed by atoms with Gasteiger partial charge in [0.25, 0.3) is 5.56 Å². The quantitative estimate of drug-likeness (QED) is 0.0357. The van der Waals surface area contributed by atoms with Gasteiger partial charge in [0.2, 0.25) is 0 Å². The Morgan fingerprint density at radius 1 is 0.781 bits per heavy atom. The number of nitrogens with zero attached hydrogens (tertiary/aromatic N) is 1. The SMILES string of the molecule is COc1ccc(C(OC[C@H]2O[C@@H](n3ccc(=O)[nH]c3=O)[C@H](OC(=O)CCCCCC(=O)O)[C@@H]2OCOCCS(=O)(=O)c2ccc(C)cc2)(c2ccccc2)c2ccc(OC)cc2)cc1. The lowest BCUT2D eigenvalue weighted by atomic mass is 9.80. The topological polar surface area (TPSA) is 208 Å². The monoisotopic (exact) mass is 900 g/mol. The third-order valence-electron chi connectivity index (χ3n) is 10.8. The van der Waals surface area contributed by atoms with Crippen molar-refractivity contribution in [1.82, 2.24) is 9.55 Å². The molecule has 64 heavy (non-hydrogen) atoms. The van der Waals surface area contributed by atoms with Gasteiger partial charge in [0.1, 0.15) is 36.1 Å². The Bertz CT molecular complexity index is 2480. The maximum Gasteiger partial charge on any atom is 0.330 e. The highest BCUT2D eigenvalue weighted by molar-refractivity contribution is 7.91. The van der Waals surface area contributed by atoms with Crippen LogP contribution >= 0.6 is 0 Å². The Hall–Kier alpha value is -6.11. The van der Waals surface area contributed by atoms with Crippen LogP contribution in [-0.2, 0) is 48.7 Å². The first-order valence-electron chi connectivity index (χ1n) is 20.7. The summed E-state index contributed by atoms with van der Waals surface area (Å²) in [7, 11) is -0.576. The number of carbonyl (C=O) groups is 2. The van der Waals surface area contributed by atoms with Gasteiger partial charge in [-0.3, -0.25) is 23.9 Å². The Balaban J connectivity index is 1.36. The van der Waals surface area contributed by atoms with Gasteiger partial charge in [0, 0.05) is 25.1 Å². The number of unbranched alkanes of at least 4 members (excludes halogenated alkanes) is 2. The highest BCUT2D eigenvalue weighted by Crippen LogP contribution is 2.43. The van der Waals surface area contributed by atoms with Crippen molar-refractivity contribution in [3.63, 3.8) is 0 Å². The van der Waals surface area contributed by atoms with Gasteiger partial charge in [-0.05, 0) is 72.9 Å². The van der Waals surface area contributed by atoms with Crippen molar-refractivity contribution in [1.29, 1.82) is 0 Å². The predicted octanol–water partition coefficient (Wildman–Crippen LogP) is 5.55. The molecule has 1 saturated heterocycles. The van der Waals surface area contributed by atoms with E-state index in [0.29, 0.717) is 41.9 Å². The number of carboxylic acids is 1. The maximum absolute atomic E-state index is 13.5. The molecule has 0 unspecified atom stereocenters. The van der Waals surface area contributed by atoms with Crippen LogP contribution in [0, 0.1) is 6.92 Å². The molecule has 1 fully saturated rings. The van der Waals surface area contributed by atoms with Crippen LogP contribution in [0.3, 0.4) is 0 Å². The van der Waals surface area contributed by atoms with E-state index in [4.69, 9.17) is 38.3 Å². The van der Waals surface area contributed by atoms with Crippen molar-refractivity contribution in [2.75, 3.05) is 40.0 Å². The fourth-order valence-corrected chi connectivity index (χ4v) is 8.58. The van der Waals surface area contributed by atoms with Crippen molar-refractivity contribution in [2.45, 2.75) is 74.1 Å². The molecule has 1 aliphatic heterocycles. The molecule has 2 N–H and O–H groups in total. The summed E-state index contributed by atoms with van der Waals surface area (Å²) in [4.78, 5) is 52.5. The summed E-state index contributed by atoms with van der Waals surface area (Å²) in [5.41, 5.74) is 0.213. The Labute approximate surface area is 370 Å². The maximum atomic E-state index is 13.5. The summed E-state index contributed by atoms with van der Waals surface area (Å²) in [6.45, 7) is 0.871. The summed E-state index contributed by atoms with van der Waals surface area (Å²) >= 11 is 0. The number of ether oxygens (including phenoxy) is 7. The standard InChI is InChI=1S/C47H52N2O14S/c1-32-14-24-38(25-15-32)64(55,56)29-28-59-31-60-43-39(62-45(49-27-26-40(50)48-46(49)54)44(43)63-42(53)13-9-5-8-12-41(51)52)30-61-47(33-10-6-4-7-11-33,34-16-20-36(57-2)21-17-34)35-18-22-37(58-3)23-19-35/h4,6-7,10-11,14-27,39,43-45H,5,8-9,12-13,28-31H2,1-3H3,(H,51,52)(H,48,50,54)/t39-,43-,44-,45-/m1/s1. The molecule has 1 aliphatic rings. The number of carboxylic acid groups (broad SMARTS) is 1. The van der Waals surface area contributed by atoms with E-state index < -0.39 is 70.0 Å². The number of aryl methyl sites for hydroxylation is 1. The number of H-pyrrole nitrogens is 1. The van der Waals surface area contributed by atoms with E-state index in [0.717, 1.165) is 21.8 Å². The van der Waals surface area contributed by atoms with Gasteiger partial charge in [0.05, 0.1) is 38.1 Å². The molecule has 4 aromatic carbocycles. The number of hydrogen-bond acceptors (Lipinski definition) is 13. The number of hydrogen-bond donors (Lipinski definition) is 2. The van der Waals surface area contributed by atoms with Gasteiger partial charge in [-0.2, -0.15) is 0 Å². The summed E-state index contributed by atoms with van der Waals surface area (Å²) in [5, 5.41) is 9.05. The Kier molecular flexibility index (Phi) is 16.3. The molecular weight excluding hydrogens is 849 g/mol. The molecule has 5 aromatic rings. The van der Waals surface area contributed by atoms with Crippen LogP contribution in [-0.4, -0.2) is 93.3 Å². The van der Waals surface area contributed by atoms with Gasteiger partial charge in [-0.25, -0.2) is 13.2 Å². The van der Waals surface area contributed by atoms with Crippen LogP contribution < -0.4 is 20.7 Å². The Morgan fingerprint density at radius 3 is 1.98 bits per heavy atom. The van der Waals surface area contributed by atoms with Gasteiger partial charge in [-0.1, -0.05) is 78.7 Å². The molecular formula is C47H52N2O14S. The van der Waals surface area contributed by atoms with E-state index in [1.807, 2.05) is 85.8 Å². The lowest BCUT2D eigenvalue weighted by molar-refractivity contribution is -0.169. The minimum Gasteiger partial charge on any atom is -0.497 e. The van der Waals surface area contributed by atoms with Gasteiger partial charge >= 0.3 is 17.6 Å². The largest absolute Gasteiger partial charge is 0.497 e. The normalized spacial score (nSPS) is 17.5. The first-order chi connectivity index (χ1) is 30.8. The molecule has 0 bridgehead atoms. The lowest BCUT2D eigenvalue weighted by Gasteiger charge is -2.37. The molecule has 0 spiro atoms. The number of aromatic nitrogens is 2. The molecule has 340 valence electrons. The molecule has 1 aromatic heterocycles. The molecule has 0 saturated carbocycles. The number of sulfone groups is 1. The second-order valence-corrected chi connectivity index (χ2v) is 17.2. The van der Waals surface area contributed by atoms with Crippen LogP contribution in [0.2, 0.25) is 0 Å². The van der Waals surface area contributed by atoms with E-state index in [1.54, 1.807) is 26.4 Å². The molecule has 2 heterocycles. The molecule has 16 nitrogen and oxygen atoms in total. The number of nitrogens with one attached hydrogen (secondary N) is 1. The lowest BCUT2D eigenvalue weighted by Crippen LogP contribution is -2.43. The zero-order valence-corrected chi connectivity index (χ0v) is 36.6. The zero-order valence-electron chi connectivity index (χ0n) is 35.8. The zero-order chi connectivity index (χ0) is 45.7. The van der Waals surface area contributed by atoms with Crippen molar-refractivity contribution >= 4 is 21.8 Å². The number of carbonyl (C=O) groups excluding carboxylic acids is 1. The average Bonchev–Trinajstić information content (AvgIpc) is 3.62. The second kappa shape index (κ2) is 22.0. The molecule has 0 radical (unpaired) electrons. The molecule has 4 atom stereocenters. The van der Waals surface area contributed by atoms with E-state index in [2.05, 4.69) is 4.98 Å².